The van der Waals surface area contributed by atoms with Gasteiger partial charge in [-0.3, -0.25) is 0 Å². The van der Waals surface area contributed by atoms with Crippen LogP contribution in [0.1, 0.15) is 25.3 Å². The number of carbonyl (C=O) groups is 1. The fraction of sp³-hybridized carbons (Fsp3) is 0.767. The SMILES string of the molecule is CCCCOCCOCCOCCOCCOCCOCCOCCOCCOCCNC(=O)OCc1ccccc1. The zero-order chi connectivity index (χ0) is 30.0. The molecule has 0 saturated heterocycles. The smallest absolute Gasteiger partial charge is 0.407 e. The molecule has 0 aliphatic rings. The molecule has 1 rings (SSSR count). The van der Waals surface area contributed by atoms with Crippen LogP contribution < -0.4 is 5.32 Å². The Morgan fingerprint density at radius 1 is 0.524 bits per heavy atom. The maximum absolute atomic E-state index is 11.6. The molecule has 0 aliphatic heterocycles. The molecule has 0 atom stereocenters. The number of nitrogens with one attached hydrogen (secondary N) is 1. The highest BCUT2D eigenvalue weighted by Crippen LogP contribution is 2.00. The summed E-state index contributed by atoms with van der Waals surface area (Å²) in [6.45, 7) is 12.2. The van der Waals surface area contributed by atoms with E-state index in [1.54, 1.807) is 0 Å². The van der Waals surface area contributed by atoms with Crippen molar-refractivity contribution in [3.05, 3.63) is 35.9 Å². The molecule has 0 spiro atoms. The molecule has 12 heteroatoms. The Balaban J connectivity index is 1.65. The van der Waals surface area contributed by atoms with Crippen LogP contribution in [0.3, 0.4) is 0 Å². The fourth-order valence-corrected chi connectivity index (χ4v) is 3.11. The molecule has 0 aliphatic carbocycles. The van der Waals surface area contributed by atoms with E-state index in [9.17, 15) is 4.79 Å². The zero-order valence-corrected chi connectivity index (χ0v) is 25.4. The molecule has 1 amide bonds. The van der Waals surface area contributed by atoms with Gasteiger partial charge >= 0.3 is 6.09 Å². The first-order chi connectivity index (χ1) is 20.8. The third-order valence-electron chi connectivity index (χ3n) is 5.35. The highest BCUT2D eigenvalue weighted by Gasteiger charge is 2.02. The Labute approximate surface area is 251 Å². The second kappa shape index (κ2) is 32.1. The molecule has 0 unspecified atom stereocenters. The molecule has 1 aromatic carbocycles. The predicted octanol–water partition coefficient (Wildman–Crippen LogP) is 2.86. The van der Waals surface area contributed by atoms with Crippen LogP contribution >= 0.6 is 0 Å². The monoisotopic (exact) mass is 603 g/mol. The first-order valence-electron chi connectivity index (χ1n) is 15.0. The molecule has 1 aromatic rings. The Morgan fingerprint density at radius 2 is 0.881 bits per heavy atom. The number of benzene rings is 1. The van der Waals surface area contributed by atoms with Gasteiger partial charge in [0.05, 0.1) is 112 Å². The highest BCUT2D eigenvalue weighted by atomic mass is 16.6. The van der Waals surface area contributed by atoms with Gasteiger partial charge in [0, 0.05) is 13.2 Å². The van der Waals surface area contributed by atoms with Crippen LogP contribution in [0.15, 0.2) is 30.3 Å². The topological polar surface area (TPSA) is 121 Å². The lowest BCUT2D eigenvalue weighted by Crippen LogP contribution is -2.28. The number of unbranched alkanes of at least 4 members (excludes halogenated alkanes) is 1. The Hall–Kier alpha value is -1.87. The summed E-state index contributed by atoms with van der Waals surface area (Å²) >= 11 is 0. The van der Waals surface area contributed by atoms with Crippen LogP contribution in [0, 0.1) is 0 Å². The summed E-state index contributed by atoms with van der Waals surface area (Å²) in [5, 5.41) is 2.64. The first-order valence-corrected chi connectivity index (χ1v) is 15.0. The molecular weight excluding hydrogens is 550 g/mol. The summed E-state index contributed by atoms with van der Waals surface area (Å²) < 4.78 is 54.1. The van der Waals surface area contributed by atoms with Crippen molar-refractivity contribution in [1.29, 1.82) is 0 Å². The van der Waals surface area contributed by atoms with Crippen molar-refractivity contribution in [2.24, 2.45) is 0 Å². The molecule has 0 radical (unpaired) electrons. The summed E-state index contributed by atoms with van der Waals surface area (Å²) in [7, 11) is 0. The average molecular weight is 604 g/mol. The normalized spacial score (nSPS) is 11.2. The summed E-state index contributed by atoms with van der Waals surface area (Å²) in [6, 6.07) is 9.51. The quantitative estimate of drug-likeness (QED) is 0.122. The highest BCUT2D eigenvalue weighted by molar-refractivity contribution is 5.67. The van der Waals surface area contributed by atoms with Gasteiger partial charge in [0.15, 0.2) is 0 Å². The van der Waals surface area contributed by atoms with Crippen molar-refractivity contribution in [1.82, 2.24) is 5.32 Å². The van der Waals surface area contributed by atoms with Gasteiger partial charge in [-0.05, 0) is 12.0 Å². The van der Waals surface area contributed by atoms with Gasteiger partial charge in [-0.15, -0.1) is 0 Å². The lowest BCUT2D eigenvalue weighted by Gasteiger charge is -2.09. The summed E-state index contributed by atoms with van der Waals surface area (Å²) in [5.74, 6) is 0. The van der Waals surface area contributed by atoms with Crippen LogP contribution in [0.4, 0.5) is 4.79 Å². The minimum atomic E-state index is -0.465. The lowest BCUT2D eigenvalue weighted by atomic mass is 10.2. The van der Waals surface area contributed by atoms with Crippen LogP contribution in [0.2, 0.25) is 0 Å². The molecule has 0 saturated carbocycles. The predicted molar refractivity (Wildman–Crippen MR) is 157 cm³/mol. The van der Waals surface area contributed by atoms with Crippen molar-refractivity contribution in [3.8, 4) is 0 Å². The van der Waals surface area contributed by atoms with E-state index in [-0.39, 0.29) is 6.61 Å². The number of rotatable bonds is 32. The van der Waals surface area contributed by atoms with Crippen LogP contribution in [0.25, 0.3) is 0 Å². The van der Waals surface area contributed by atoms with Crippen molar-refractivity contribution in [2.45, 2.75) is 26.4 Å². The van der Waals surface area contributed by atoms with Crippen molar-refractivity contribution in [3.63, 3.8) is 0 Å². The molecule has 0 fully saturated rings. The van der Waals surface area contributed by atoms with Crippen LogP contribution in [0.5, 0.6) is 0 Å². The van der Waals surface area contributed by atoms with Crippen molar-refractivity contribution in [2.75, 3.05) is 125 Å². The third kappa shape index (κ3) is 28.3. The van der Waals surface area contributed by atoms with Crippen molar-refractivity contribution >= 4 is 6.09 Å². The number of hydrogen-bond donors (Lipinski definition) is 1. The molecule has 244 valence electrons. The Kier molecular flexibility index (Phi) is 29.1. The summed E-state index contributed by atoms with van der Waals surface area (Å²) in [4.78, 5) is 11.6. The minimum absolute atomic E-state index is 0.242. The maximum atomic E-state index is 11.6. The number of amides is 1. The second-order valence-electron chi connectivity index (χ2n) is 8.85. The average Bonchev–Trinajstić information content (AvgIpc) is 3.01. The van der Waals surface area contributed by atoms with Crippen LogP contribution in [-0.4, -0.2) is 132 Å². The maximum Gasteiger partial charge on any atom is 0.407 e. The second-order valence-corrected chi connectivity index (χ2v) is 8.85. The van der Waals surface area contributed by atoms with E-state index in [4.69, 9.17) is 47.4 Å². The molecular formula is C30H53NO11. The Morgan fingerprint density at radius 3 is 1.26 bits per heavy atom. The van der Waals surface area contributed by atoms with E-state index in [0.717, 1.165) is 25.0 Å². The summed E-state index contributed by atoms with van der Waals surface area (Å²) in [5.41, 5.74) is 0.941. The van der Waals surface area contributed by atoms with Gasteiger partial charge in [0.25, 0.3) is 0 Å². The van der Waals surface area contributed by atoms with Crippen molar-refractivity contribution < 1.29 is 52.2 Å². The lowest BCUT2D eigenvalue weighted by molar-refractivity contribution is -0.0249. The van der Waals surface area contributed by atoms with E-state index >= 15 is 0 Å². The first kappa shape index (κ1) is 38.2. The van der Waals surface area contributed by atoms with Gasteiger partial charge in [0.2, 0.25) is 0 Å². The molecule has 0 bridgehead atoms. The fourth-order valence-electron chi connectivity index (χ4n) is 3.11. The Bertz CT molecular complexity index is 684. The van der Waals surface area contributed by atoms with Gasteiger partial charge in [-0.25, -0.2) is 4.79 Å². The van der Waals surface area contributed by atoms with Gasteiger partial charge in [-0.2, -0.15) is 0 Å². The minimum Gasteiger partial charge on any atom is -0.445 e. The zero-order valence-electron chi connectivity index (χ0n) is 25.4. The van der Waals surface area contributed by atoms with E-state index in [2.05, 4.69) is 12.2 Å². The van der Waals surface area contributed by atoms with E-state index < -0.39 is 6.09 Å². The molecule has 0 heterocycles. The van der Waals surface area contributed by atoms with Gasteiger partial charge in [-0.1, -0.05) is 43.7 Å². The standard InChI is InChI=1S/C30H53NO11/c1-2-3-10-33-12-14-35-16-18-37-20-22-39-24-26-41-27-25-40-23-21-38-19-17-36-15-13-34-11-9-31-30(32)42-28-29-7-5-4-6-8-29/h4-8H,2-3,9-28H2,1H3,(H,31,32). The number of carbonyl (C=O) groups excluding carboxylic acids is 1. The van der Waals surface area contributed by atoms with E-state index in [0.29, 0.717) is 119 Å². The molecule has 0 aromatic heterocycles. The molecule has 12 nitrogen and oxygen atoms in total. The van der Waals surface area contributed by atoms with Gasteiger partial charge in [0.1, 0.15) is 6.61 Å². The molecule has 1 N–H and O–H groups in total. The van der Waals surface area contributed by atoms with E-state index in [1.807, 2.05) is 30.3 Å². The number of ether oxygens (including phenoxy) is 10. The van der Waals surface area contributed by atoms with Gasteiger partial charge < -0.3 is 52.7 Å². The number of alkyl carbamates (subject to hydrolysis) is 1. The van der Waals surface area contributed by atoms with Crippen LogP contribution in [-0.2, 0) is 54.0 Å². The third-order valence-corrected chi connectivity index (χ3v) is 5.35. The largest absolute Gasteiger partial charge is 0.445 e. The molecule has 42 heavy (non-hydrogen) atoms. The van der Waals surface area contributed by atoms with E-state index in [1.165, 1.54) is 0 Å². The number of hydrogen-bond acceptors (Lipinski definition) is 11. The summed E-state index contributed by atoms with van der Waals surface area (Å²) in [6.07, 6.45) is 1.77.